The molecule has 2 rings (SSSR count). The van der Waals surface area contributed by atoms with Crippen molar-refractivity contribution < 1.29 is 22.7 Å². The molecule has 108 valence electrons. The summed E-state index contributed by atoms with van der Waals surface area (Å²) in [5.74, 6) is -1.86. The maximum atomic E-state index is 12.1. The van der Waals surface area contributed by atoms with Crippen molar-refractivity contribution in [3.63, 3.8) is 0 Å². The quantitative estimate of drug-likeness (QED) is 0.840. The molecule has 2 aromatic rings. The van der Waals surface area contributed by atoms with Crippen LogP contribution in [0.3, 0.4) is 0 Å². The van der Waals surface area contributed by atoms with Crippen molar-refractivity contribution in [1.29, 1.82) is 0 Å². The molecule has 0 saturated carbocycles. The Morgan fingerprint density at radius 1 is 1.45 bits per heavy atom. The van der Waals surface area contributed by atoms with Crippen molar-refractivity contribution in [2.75, 3.05) is 13.6 Å². The molecule has 0 radical (unpaired) electrons. The lowest BCUT2D eigenvalue weighted by molar-refractivity contribution is -0.137. The van der Waals surface area contributed by atoms with E-state index in [0.29, 0.717) is 9.82 Å². The highest BCUT2D eigenvalue weighted by atomic mass is 32.2. The monoisotopic (exact) mass is 300 g/mol. The van der Waals surface area contributed by atoms with Crippen LogP contribution < -0.4 is 5.76 Å². The largest absolute Gasteiger partial charge is 0.480 e. The van der Waals surface area contributed by atoms with Gasteiger partial charge in [0.05, 0.1) is 10.4 Å². The van der Waals surface area contributed by atoms with E-state index >= 15 is 0 Å². The van der Waals surface area contributed by atoms with Gasteiger partial charge in [-0.15, -0.1) is 0 Å². The summed E-state index contributed by atoms with van der Waals surface area (Å²) in [6, 6.07) is 3.93. The average molecular weight is 300 g/mol. The van der Waals surface area contributed by atoms with Crippen LogP contribution in [0, 0.1) is 0 Å². The van der Waals surface area contributed by atoms with Gasteiger partial charge in [-0.1, -0.05) is 0 Å². The van der Waals surface area contributed by atoms with E-state index < -0.39 is 28.3 Å². The summed E-state index contributed by atoms with van der Waals surface area (Å²) in [6.45, 7) is -0.654. The molecule has 0 saturated heterocycles. The normalized spacial score (nSPS) is 12.2. The van der Waals surface area contributed by atoms with Gasteiger partial charge in [-0.05, 0) is 12.1 Å². The van der Waals surface area contributed by atoms with Crippen LogP contribution in [0.4, 0.5) is 0 Å². The predicted molar refractivity (Wildman–Crippen MR) is 68.9 cm³/mol. The molecule has 0 fully saturated rings. The number of sulfonamides is 1. The van der Waals surface area contributed by atoms with Crippen molar-refractivity contribution in [1.82, 2.24) is 8.87 Å². The minimum absolute atomic E-state index is 0.127. The SMILES string of the molecule is CN(CC(=O)O)S(=O)(=O)c1ccc2c(c1)oc(=O)n2C. The first-order chi connectivity index (χ1) is 9.23. The first kappa shape index (κ1) is 14.3. The Labute approximate surface area is 113 Å². The molecule has 1 aromatic carbocycles. The number of benzene rings is 1. The lowest BCUT2D eigenvalue weighted by Crippen LogP contribution is -2.32. The Morgan fingerprint density at radius 2 is 2.10 bits per heavy atom. The van der Waals surface area contributed by atoms with E-state index in [1.165, 1.54) is 29.8 Å². The van der Waals surface area contributed by atoms with Crippen LogP contribution in [0.1, 0.15) is 0 Å². The van der Waals surface area contributed by atoms with Gasteiger partial charge in [-0.3, -0.25) is 9.36 Å². The van der Waals surface area contributed by atoms with Gasteiger partial charge in [0, 0.05) is 20.2 Å². The first-order valence-corrected chi connectivity index (χ1v) is 6.95. The standard InChI is InChI=1S/C11H12N2O6S/c1-12(6-10(14)15)20(17,18)7-3-4-8-9(5-7)19-11(16)13(8)2/h3-5H,6H2,1-2H3,(H,14,15). The summed E-state index contributed by atoms with van der Waals surface area (Å²) in [6.07, 6.45) is 0. The van der Waals surface area contributed by atoms with Crippen molar-refractivity contribution in [3.05, 3.63) is 28.7 Å². The molecular weight excluding hydrogens is 288 g/mol. The molecule has 8 nitrogen and oxygen atoms in total. The zero-order valence-corrected chi connectivity index (χ0v) is 11.5. The molecule has 0 aliphatic carbocycles. The molecule has 0 aliphatic rings. The maximum Gasteiger partial charge on any atom is 0.419 e. The number of aromatic nitrogens is 1. The van der Waals surface area contributed by atoms with Crippen molar-refractivity contribution >= 4 is 27.1 Å². The van der Waals surface area contributed by atoms with Gasteiger partial charge >= 0.3 is 11.7 Å². The Hall–Kier alpha value is -2.13. The van der Waals surface area contributed by atoms with E-state index in [0.717, 1.165) is 7.05 Å². The molecule has 1 N–H and O–H groups in total. The summed E-state index contributed by atoms with van der Waals surface area (Å²) in [5, 5.41) is 8.64. The third kappa shape index (κ3) is 2.32. The lowest BCUT2D eigenvalue weighted by atomic mass is 10.3. The van der Waals surface area contributed by atoms with Gasteiger partial charge in [-0.2, -0.15) is 4.31 Å². The molecule has 1 heterocycles. The summed E-state index contributed by atoms with van der Waals surface area (Å²) in [7, 11) is -1.29. The van der Waals surface area contributed by atoms with Crippen LogP contribution >= 0.6 is 0 Å². The molecule has 1 aromatic heterocycles. The number of carboxylic acid groups (broad SMARTS) is 1. The summed E-state index contributed by atoms with van der Waals surface area (Å²) < 4.78 is 31.1. The number of hydrogen-bond donors (Lipinski definition) is 1. The number of oxazole rings is 1. The highest BCUT2D eigenvalue weighted by Crippen LogP contribution is 2.20. The van der Waals surface area contributed by atoms with Gasteiger partial charge in [-0.25, -0.2) is 13.2 Å². The molecule has 0 unspecified atom stereocenters. The number of nitrogens with zero attached hydrogens (tertiary/aromatic N) is 2. The van der Waals surface area contributed by atoms with Crippen molar-refractivity contribution in [2.45, 2.75) is 4.90 Å². The van der Waals surface area contributed by atoms with E-state index in [1.807, 2.05) is 0 Å². The highest BCUT2D eigenvalue weighted by molar-refractivity contribution is 7.89. The third-order valence-electron chi connectivity index (χ3n) is 2.83. The van der Waals surface area contributed by atoms with Crippen LogP contribution in [0.5, 0.6) is 0 Å². The van der Waals surface area contributed by atoms with Gasteiger partial charge in [0.25, 0.3) is 0 Å². The zero-order chi connectivity index (χ0) is 15.1. The van der Waals surface area contributed by atoms with Crippen molar-refractivity contribution in [2.24, 2.45) is 7.05 Å². The highest BCUT2D eigenvalue weighted by Gasteiger charge is 2.23. The van der Waals surface area contributed by atoms with Gasteiger partial charge in [0.15, 0.2) is 5.58 Å². The number of fused-ring (bicyclic) bond motifs is 1. The Morgan fingerprint density at radius 3 is 2.70 bits per heavy atom. The predicted octanol–water partition coefficient (Wildman–Crippen LogP) is -0.163. The zero-order valence-electron chi connectivity index (χ0n) is 10.7. The second kappa shape index (κ2) is 4.76. The Balaban J connectivity index is 2.52. The first-order valence-electron chi connectivity index (χ1n) is 5.51. The fraction of sp³-hybridized carbons (Fsp3) is 0.273. The number of carboxylic acids is 1. The number of rotatable bonds is 4. The third-order valence-corrected chi connectivity index (χ3v) is 4.63. The van der Waals surface area contributed by atoms with E-state index in [4.69, 9.17) is 9.52 Å². The lowest BCUT2D eigenvalue weighted by Gasteiger charge is -2.14. The van der Waals surface area contributed by atoms with Crippen LogP contribution in [0.2, 0.25) is 0 Å². The van der Waals surface area contributed by atoms with E-state index in [2.05, 4.69) is 0 Å². The van der Waals surface area contributed by atoms with Gasteiger partial charge in [0.2, 0.25) is 10.0 Å². The summed E-state index contributed by atoms with van der Waals surface area (Å²) in [4.78, 5) is 21.8. The number of carbonyl (C=O) groups is 1. The molecule has 0 amide bonds. The minimum Gasteiger partial charge on any atom is -0.480 e. The second-order valence-corrected chi connectivity index (χ2v) is 6.26. The molecule has 0 aliphatic heterocycles. The topological polar surface area (TPSA) is 110 Å². The molecule has 0 atom stereocenters. The smallest absolute Gasteiger partial charge is 0.419 e. The number of hydrogen-bond acceptors (Lipinski definition) is 5. The number of aryl methyl sites for hydroxylation is 1. The fourth-order valence-electron chi connectivity index (χ4n) is 1.73. The maximum absolute atomic E-state index is 12.1. The van der Waals surface area contributed by atoms with E-state index in [9.17, 15) is 18.0 Å². The summed E-state index contributed by atoms with van der Waals surface area (Å²) in [5.41, 5.74) is 0.581. The van der Waals surface area contributed by atoms with Crippen LogP contribution in [0.25, 0.3) is 11.1 Å². The van der Waals surface area contributed by atoms with Gasteiger partial charge < -0.3 is 9.52 Å². The summed E-state index contributed by atoms with van der Waals surface area (Å²) >= 11 is 0. The van der Waals surface area contributed by atoms with Crippen molar-refractivity contribution in [3.8, 4) is 0 Å². The average Bonchev–Trinajstić information content (AvgIpc) is 2.63. The molecule has 0 spiro atoms. The number of likely N-dealkylation sites (N-methyl/N-ethyl adjacent to an activating group) is 1. The Kier molecular flexibility index (Phi) is 3.40. The molecule has 0 bridgehead atoms. The number of aliphatic carboxylic acids is 1. The van der Waals surface area contributed by atoms with Crippen LogP contribution in [0.15, 0.2) is 32.3 Å². The fourth-order valence-corrected chi connectivity index (χ4v) is 2.87. The van der Waals surface area contributed by atoms with E-state index in [1.54, 1.807) is 0 Å². The molecular formula is C11H12N2O6S. The molecule has 20 heavy (non-hydrogen) atoms. The van der Waals surface area contributed by atoms with Gasteiger partial charge in [0.1, 0.15) is 6.54 Å². The minimum atomic E-state index is -3.95. The van der Waals surface area contributed by atoms with Crippen LogP contribution in [-0.2, 0) is 21.9 Å². The van der Waals surface area contributed by atoms with E-state index in [-0.39, 0.29) is 10.5 Å². The Bertz CT molecular complexity index is 832. The molecule has 9 heteroatoms. The second-order valence-electron chi connectivity index (χ2n) is 4.21. The van der Waals surface area contributed by atoms with Crippen LogP contribution in [-0.4, -0.2) is 42.0 Å².